The zero-order valence-corrected chi connectivity index (χ0v) is 13.8. The standard InChI is InChI=1S/C18H25N3O2/c1-13(2)11-21-7-8-23-15(12-21)10-19-18(22)17-9-14-5-3-4-6-16(14)20-17/h3-6,9,13,15,20H,7-8,10-12H2,1-2H3,(H,19,22). The van der Waals surface area contributed by atoms with Crippen LogP contribution in [0.3, 0.4) is 0 Å². The van der Waals surface area contributed by atoms with Crippen LogP contribution in [0, 0.1) is 5.92 Å². The van der Waals surface area contributed by atoms with Gasteiger partial charge < -0.3 is 15.0 Å². The van der Waals surface area contributed by atoms with E-state index in [-0.39, 0.29) is 12.0 Å². The molecule has 1 saturated heterocycles. The maximum atomic E-state index is 12.3. The molecule has 124 valence electrons. The first kappa shape index (κ1) is 16.0. The summed E-state index contributed by atoms with van der Waals surface area (Å²) in [6.45, 7) is 8.67. The Labute approximate surface area is 137 Å². The van der Waals surface area contributed by atoms with E-state index in [1.54, 1.807) is 0 Å². The highest BCUT2D eigenvalue weighted by Crippen LogP contribution is 2.14. The number of nitrogens with zero attached hydrogens (tertiary/aromatic N) is 1. The largest absolute Gasteiger partial charge is 0.374 e. The summed E-state index contributed by atoms with van der Waals surface area (Å²) in [5.41, 5.74) is 1.58. The number of aromatic amines is 1. The molecule has 3 rings (SSSR count). The van der Waals surface area contributed by atoms with Gasteiger partial charge in [0.15, 0.2) is 0 Å². The number of carbonyl (C=O) groups is 1. The van der Waals surface area contributed by atoms with Crippen LogP contribution in [0.2, 0.25) is 0 Å². The number of H-pyrrole nitrogens is 1. The van der Waals surface area contributed by atoms with Gasteiger partial charge in [-0.25, -0.2) is 0 Å². The lowest BCUT2D eigenvalue weighted by atomic mass is 10.2. The third-order valence-electron chi connectivity index (χ3n) is 4.11. The van der Waals surface area contributed by atoms with Crippen LogP contribution >= 0.6 is 0 Å². The number of carbonyl (C=O) groups excluding carboxylic acids is 1. The number of aromatic nitrogens is 1. The number of benzene rings is 1. The third-order valence-corrected chi connectivity index (χ3v) is 4.11. The SMILES string of the molecule is CC(C)CN1CCOC(CNC(=O)c2cc3ccccc3[nH]2)C1. The molecular formula is C18H25N3O2. The van der Waals surface area contributed by atoms with E-state index in [9.17, 15) is 4.79 Å². The molecule has 2 heterocycles. The molecule has 1 aromatic heterocycles. The summed E-state index contributed by atoms with van der Waals surface area (Å²) < 4.78 is 5.77. The highest BCUT2D eigenvalue weighted by Gasteiger charge is 2.21. The van der Waals surface area contributed by atoms with E-state index in [1.807, 2.05) is 30.3 Å². The van der Waals surface area contributed by atoms with Crippen molar-refractivity contribution in [3.05, 3.63) is 36.0 Å². The van der Waals surface area contributed by atoms with Crippen LogP contribution in [0.1, 0.15) is 24.3 Å². The number of morpholine rings is 1. The molecule has 1 fully saturated rings. The summed E-state index contributed by atoms with van der Waals surface area (Å²) in [7, 11) is 0. The van der Waals surface area contributed by atoms with Gasteiger partial charge in [0.25, 0.3) is 5.91 Å². The fraction of sp³-hybridized carbons (Fsp3) is 0.500. The van der Waals surface area contributed by atoms with Gasteiger partial charge in [0, 0.05) is 37.1 Å². The number of ether oxygens (including phenoxy) is 1. The van der Waals surface area contributed by atoms with Crippen LogP contribution in [0.4, 0.5) is 0 Å². The second-order valence-corrected chi connectivity index (χ2v) is 6.63. The molecule has 0 saturated carbocycles. The molecular weight excluding hydrogens is 290 g/mol. The monoisotopic (exact) mass is 315 g/mol. The lowest BCUT2D eigenvalue weighted by Crippen LogP contribution is -2.48. The highest BCUT2D eigenvalue weighted by molar-refractivity contribution is 5.97. The van der Waals surface area contributed by atoms with Crippen LogP contribution < -0.4 is 5.32 Å². The number of amides is 1. The van der Waals surface area contributed by atoms with E-state index in [0.717, 1.165) is 37.1 Å². The van der Waals surface area contributed by atoms with Crippen LogP contribution in [-0.4, -0.2) is 54.7 Å². The lowest BCUT2D eigenvalue weighted by molar-refractivity contribution is -0.0295. The Morgan fingerprint density at radius 2 is 2.26 bits per heavy atom. The smallest absolute Gasteiger partial charge is 0.267 e. The van der Waals surface area contributed by atoms with Crippen LogP contribution in [0.5, 0.6) is 0 Å². The Bertz CT molecular complexity index is 632. The van der Waals surface area contributed by atoms with E-state index in [4.69, 9.17) is 4.74 Å². The van der Waals surface area contributed by atoms with Gasteiger partial charge in [-0.2, -0.15) is 0 Å². The van der Waals surface area contributed by atoms with Gasteiger partial charge >= 0.3 is 0 Å². The van der Waals surface area contributed by atoms with Crippen molar-refractivity contribution in [1.82, 2.24) is 15.2 Å². The van der Waals surface area contributed by atoms with Gasteiger partial charge in [0.1, 0.15) is 5.69 Å². The van der Waals surface area contributed by atoms with Crippen molar-refractivity contribution in [2.45, 2.75) is 20.0 Å². The predicted molar refractivity (Wildman–Crippen MR) is 91.6 cm³/mol. The quantitative estimate of drug-likeness (QED) is 0.890. The van der Waals surface area contributed by atoms with Crippen molar-refractivity contribution in [2.24, 2.45) is 5.92 Å². The van der Waals surface area contributed by atoms with Gasteiger partial charge in [0.05, 0.1) is 12.7 Å². The molecule has 1 atom stereocenters. The molecule has 1 aliphatic heterocycles. The van der Waals surface area contributed by atoms with Crippen molar-refractivity contribution < 1.29 is 9.53 Å². The molecule has 0 radical (unpaired) electrons. The minimum Gasteiger partial charge on any atom is -0.374 e. The van der Waals surface area contributed by atoms with Crippen molar-refractivity contribution in [3.8, 4) is 0 Å². The Kier molecular flexibility index (Phi) is 4.98. The summed E-state index contributed by atoms with van der Waals surface area (Å²) in [5.74, 6) is 0.570. The number of para-hydroxylation sites is 1. The lowest BCUT2D eigenvalue weighted by Gasteiger charge is -2.33. The molecule has 1 aliphatic rings. The summed E-state index contributed by atoms with van der Waals surface area (Å²) in [6, 6.07) is 9.78. The van der Waals surface area contributed by atoms with Gasteiger partial charge in [-0.15, -0.1) is 0 Å². The van der Waals surface area contributed by atoms with Gasteiger partial charge in [-0.1, -0.05) is 32.0 Å². The summed E-state index contributed by atoms with van der Waals surface area (Å²) in [5, 5.41) is 4.03. The van der Waals surface area contributed by atoms with Gasteiger partial charge in [-0.3, -0.25) is 9.69 Å². The Hall–Kier alpha value is -1.85. The molecule has 0 bridgehead atoms. The number of hydrogen-bond donors (Lipinski definition) is 2. The minimum absolute atomic E-state index is 0.0656. The first-order chi connectivity index (χ1) is 11.1. The summed E-state index contributed by atoms with van der Waals surface area (Å²) in [4.78, 5) is 17.9. The van der Waals surface area contributed by atoms with Gasteiger partial charge in [-0.05, 0) is 18.1 Å². The zero-order valence-electron chi connectivity index (χ0n) is 13.8. The summed E-state index contributed by atoms with van der Waals surface area (Å²) in [6.07, 6.45) is 0.0656. The second-order valence-electron chi connectivity index (χ2n) is 6.63. The second kappa shape index (κ2) is 7.15. The van der Waals surface area contributed by atoms with Crippen LogP contribution in [0.25, 0.3) is 10.9 Å². The molecule has 0 spiro atoms. The Balaban J connectivity index is 1.54. The number of rotatable bonds is 5. The van der Waals surface area contributed by atoms with Crippen LogP contribution in [0.15, 0.2) is 30.3 Å². The van der Waals surface area contributed by atoms with E-state index in [0.29, 0.717) is 18.2 Å². The summed E-state index contributed by atoms with van der Waals surface area (Å²) >= 11 is 0. The molecule has 2 aromatic rings. The maximum absolute atomic E-state index is 12.3. The minimum atomic E-state index is -0.0780. The van der Waals surface area contributed by atoms with Gasteiger partial charge in [0.2, 0.25) is 0 Å². The van der Waals surface area contributed by atoms with Crippen molar-refractivity contribution in [1.29, 1.82) is 0 Å². The van der Waals surface area contributed by atoms with Crippen molar-refractivity contribution in [3.63, 3.8) is 0 Å². The van der Waals surface area contributed by atoms with E-state index in [2.05, 4.69) is 29.0 Å². The Morgan fingerprint density at radius 3 is 3.04 bits per heavy atom. The molecule has 23 heavy (non-hydrogen) atoms. The van der Waals surface area contributed by atoms with E-state index in [1.165, 1.54) is 0 Å². The number of fused-ring (bicyclic) bond motifs is 1. The molecule has 0 aliphatic carbocycles. The first-order valence-electron chi connectivity index (χ1n) is 8.31. The fourth-order valence-corrected chi connectivity index (χ4v) is 3.08. The average Bonchev–Trinajstić information content (AvgIpc) is 2.96. The molecule has 1 unspecified atom stereocenters. The number of nitrogens with one attached hydrogen (secondary N) is 2. The molecule has 5 nitrogen and oxygen atoms in total. The normalized spacial score (nSPS) is 19.3. The third kappa shape index (κ3) is 4.12. The number of hydrogen-bond acceptors (Lipinski definition) is 3. The average molecular weight is 315 g/mol. The fourth-order valence-electron chi connectivity index (χ4n) is 3.08. The predicted octanol–water partition coefficient (Wildman–Crippen LogP) is 2.25. The topological polar surface area (TPSA) is 57.4 Å². The molecule has 1 amide bonds. The van der Waals surface area contributed by atoms with Crippen molar-refractivity contribution >= 4 is 16.8 Å². The van der Waals surface area contributed by atoms with E-state index >= 15 is 0 Å². The molecule has 1 aromatic carbocycles. The zero-order chi connectivity index (χ0) is 16.2. The van der Waals surface area contributed by atoms with E-state index < -0.39 is 0 Å². The van der Waals surface area contributed by atoms with Crippen molar-refractivity contribution in [2.75, 3.05) is 32.8 Å². The first-order valence-corrected chi connectivity index (χ1v) is 8.31. The molecule has 2 N–H and O–H groups in total. The molecule has 5 heteroatoms. The van der Waals surface area contributed by atoms with Crippen LogP contribution in [-0.2, 0) is 4.74 Å². The maximum Gasteiger partial charge on any atom is 0.267 e. The highest BCUT2D eigenvalue weighted by atomic mass is 16.5. The Morgan fingerprint density at radius 1 is 1.43 bits per heavy atom.